The maximum absolute atomic E-state index is 13.5. The molecular weight excluding hydrogens is 410 g/mol. The van der Waals surface area contributed by atoms with Gasteiger partial charge in [-0.2, -0.15) is 15.0 Å². The zero-order chi connectivity index (χ0) is 22.5. The molecule has 0 bridgehead atoms. The van der Waals surface area contributed by atoms with Crippen LogP contribution in [0, 0.1) is 52.8 Å². The smallest absolute Gasteiger partial charge is 0.159 e. The first-order valence-electron chi connectivity index (χ1n) is 13.4. The topological polar surface area (TPSA) is 68.0 Å². The van der Waals surface area contributed by atoms with Crippen molar-refractivity contribution in [3.05, 3.63) is 24.3 Å². The Bertz CT molecular complexity index is 1080. The fourth-order valence-electron chi connectivity index (χ4n) is 9.99. The summed E-state index contributed by atoms with van der Waals surface area (Å²) >= 11 is 0. The summed E-state index contributed by atoms with van der Waals surface area (Å²) in [7, 11) is 0. The number of nitrogens with zero attached hydrogens (tertiary/aromatic N) is 3. The summed E-state index contributed by atoms with van der Waals surface area (Å²) in [5.74, 6) is 5.44. The van der Waals surface area contributed by atoms with Crippen LogP contribution in [0.2, 0.25) is 0 Å². The number of ketones is 1. The lowest BCUT2D eigenvalue weighted by atomic mass is 9.49. The van der Waals surface area contributed by atoms with E-state index in [1.807, 2.05) is 24.3 Å². The van der Waals surface area contributed by atoms with Crippen molar-refractivity contribution in [2.24, 2.45) is 52.8 Å². The minimum Gasteiger partial charge on any atom is -0.389 e. The summed E-state index contributed by atoms with van der Waals surface area (Å²) in [4.78, 5) is 15.2. The fraction of sp³-hybridized carbons (Fsp3) is 0.750. The van der Waals surface area contributed by atoms with Gasteiger partial charge in [-0.15, -0.1) is 0 Å². The Hall–Kier alpha value is -1.75. The summed E-state index contributed by atoms with van der Waals surface area (Å²) in [6.07, 6.45) is 9.60. The van der Waals surface area contributed by atoms with E-state index >= 15 is 0 Å². The summed E-state index contributed by atoms with van der Waals surface area (Å²) in [6.45, 7) is 5.02. The van der Waals surface area contributed by atoms with Gasteiger partial charge in [0.1, 0.15) is 17.6 Å². The Kier molecular flexibility index (Phi) is 4.31. The number of carbonyl (C=O) groups excluding carboxylic acids is 1. The van der Waals surface area contributed by atoms with Crippen molar-refractivity contribution in [2.75, 3.05) is 0 Å². The molecule has 5 saturated carbocycles. The predicted molar refractivity (Wildman–Crippen MR) is 126 cm³/mol. The summed E-state index contributed by atoms with van der Waals surface area (Å²) in [5.41, 5.74) is 1.54. The van der Waals surface area contributed by atoms with Gasteiger partial charge in [0.25, 0.3) is 0 Å². The van der Waals surface area contributed by atoms with Crippen LogP contribution in [-0.4, -0.2) is 31.5 Å². The molecule has 5 nitrogen and oxygen atoms in total. The Morgan fingerprint density at radius 2 is 1.64 bits per heavy atom. The van der Waals surface area contributed by atoms with E-state index < -0.39 is 0 Å². The minimum absolute atomic E-state index is 0.139. The van der Waals surface area contributed by atoms with E-state index in [1.165, 1.54) is 38.5 Å². The number of Topliss-reactive ketones (excluding diaryl/α,β-unsaturated/α-hetero) is 1. The highest BCUT2D eigenvalue weighted by Gasteiger charge is 2.69. The summed E-state index contributed by atoms with van der Waals surface area (Å²) in [5, 5.41) is 20.1. The number of aromatic nitrogens is 3. The standard InChI is InChI=1S/C28H37N3O2/c1-16-26-20-8-7-19-17(18(20)12-14-28(16,26)33)11-13-27(2)21(19)9-10-22(27)25(32)15-31-29-23-5-3-4-6-24(23)30-31/h3-6,16-22,26,33H,7-15H2,1-2H3/t16-,17-,18-,19-,20-,21+,22-,26?,27+,28+/m1/s1. The van der Waals surface area contributed by atoms with Crippen molar-refractivity contribution in [1.29, 1.82) is 0 Å². The lowest BCUT2D eigenvalue weighted by Crippen LogP contribution is -2.50. The van der Waals surface area contributed by atoms with Crippen LogP contribution in [0.1, 0.15) is 65.2 Å². The molecule has 1 heterocycles. The Morgan fingerprint density at radius 3 is 2.39 bits per heavy atom. The highest BCUT2D eigenvalue weighted by molar-refractivity contribution is 5.82. The van der Waals surface area contributed by atoms with Gasteiger partial charge in [-0.3, -0.25) is 4.79 Å². The maximum Gasteiger partial charge on any atom is 0.159 e. The van der Waals surface area contributed by atoms with E-state index in [-0.39, 0.29) is 16.9 Å². The van der Waals surface area contributed by atoms with E-state index in [0.717, 1.165) is 47.5 Å². The first-order chi connectivity index (χ1) is 15.9. The molecule has 1 unspecified atom stereocenters. The third-order valence-corrected chi connectivity index (χ3v) is 11.6. The Labute approximate surface area is 196 Å². The van der Waals surface area contributed by atoms with Crippen LogP contribution in [-0.2, 0) is 11.3 Å². The first-order valence-corrected chi connectivity index (χ1v) is 13.4. The lowest BCUT2D eigenvalue weighted by Gasteiger charge is -2.56. The molecule has 1 N–H and O–H groups in total. The van der Waals surface area contributed by atoms with Gasteiger partial charge in [0.05, 0.1) is 5.60 Å². The third kappa shape index (κ3) is 2.78. The molecule has 7 rings (SSSR count). The number of rotatable bonds is 3. The number of fused-ring (bicyclic) bond motifs is 8. The van der Waals surface area contributed by atoms with E-state index in [2.05, 4.69) is 24.0 Å². The van der Waals surface area contributed by atoms with E-state index in [9.17, 15) is 9.90 Å². The van der Waals surface area contributed by atoms with Crippen molar-refractivity contribution >= 4 is 16.8 Å². The molecule has 0 saturated heterocycles. The van der Waals surface area contributed by atoms with Gasteiger partial charge in [-0.25, -0.2) is 0 Å². The molecule has 5 fully saturated rings. The SMILES string of the molecule is C[C@@H]1C2[C@@H]3CC[C@@H]4[C@H](CC[C@]5(C)[C@@H](C(=O)Cn6nc7ccccc7n6)CC[C@@H]45)[C@H]3CC[C@@]21O. The number of aliphatic hydroxyl groups is 1. The highest BCUT2D eigenvalue weighted by Crippen LogP contribution is 2.70. The van der Waals surface area contributed by atoms with Crippen LogP contribution >= 0.6 is 0 Å². The van der Waals surface area contributed by atoms with Gasteiger partial charge in [0, 0.05) is 5.92 Å². The van der Waals surface area contributed by atoms with Crippen molar-refractivity contribution in [3.63, 3.8) is 0 Å². The third-order valence-electron chi connectivity index (χ3n) is 11.6. The molecule has 2 aromatic rings. The Morgan fingerprint density at radius 1 is 0.970 bits per heavy atom. The van der Waals surface area contributed by atoms with E-state index in [1.54, 1.807) is 4.80 Å². The van der Waals surface area contributed by atoms with Crippen LogP contribution < -0.4 is 0 Å². The number of hydrogen-bond acceptors (Lipinski definition) is 4. The highest BCUT2D eigenvalue weighted by atomic mass is 16.3. The monoisotopic (exact) mass is 447 g/mol. The molecule has 1 aromatic heterocycles. The normalized spacial score (nSPS) is 48.0. The van der Waals surface area contributed by atoms with E-state index in [4.69, 9.17) is 0 Å². The van der Waals surface area contributed by atoms with Gasteiger partial charge in [-0.05, 0) is 110 Å². The van der Waals surface area contributed by atoms with Gasteiger partial charge in [-0.1, -0.05) is 26.0 Å². The number of hydrogen-bond donors (Lipinski definition) is 1. The molecule has 10 atom stereocenters. The summed E-state index contributed by atoms with van der Waals surface area (Å²) in [6, 6.07) is 7.86. The molecule has 5 aliphatic rings. The molecule has 1 aromatic carbocycles. The van der Waals surface area contributed by atoms with Crippen LogP contribution in [0.3, 0.4) is 0 Å². The van der Waals surface area contributed by atoms with Gasteiger partial charge in [0.2, 0.25) is 0 Å². The lowest BCUT2D eigenvalue weighted by molar-refractivity contribution is -0.132. The molecule has 5 aliphatic carbocycles. The molecular formula is C28H37N3O2. The largest absolute Gasteiger partial charge is 0.389 e. The summed E-state index contributed by atoms with van der Waals surface area (Å²) < 4.78 is 0. The molecule has 5 heteroatoms. The molecule has 0 aliphatic heterocycles. The minimum atomic E-state index is -0.326. The number of benzene rings is 1. The van der Waals surface area contributed by atoms with Gasteiger partial charge >= 0.3 is 0 Å². The molecule has 33 heavy (non-hydrogen) atoms. The zero-order valence-electron chi connectivity index (χ0n) is 20.0. The molecule has 0 amide bonds. The van der Waals surface area contributed by atoms with Crippen molar-refractivity contribution in [1.82, 2.24) is 15.0 Å². The van der Waals surface area contributed by atoms with Crippen LogP contribution in [0.5, 0.6) is 0 Å². The quantitative estimate of drug-likeness (QED) is 0.728. The molecule has 0 spiro atoms. The van der Waals surface area contributed by atoms with Crippen molar-refractivity contribution < 1.29 is 9.90 Å². The van der Waals surface area contributed by atoms with Crippen LogP contribution in [0.15, 0.2) is 24.3 Å². The second kappa shape index (κ2) is 6.90. The van der Waals surface area contributed by atoms with Crippen molar-refractivity contribution in [2.45, 2.75) is 77.4 Å². The molecule has 176 valence electrons. The van der Waals surface area contributed by atoms with Gasteiger partial charge < -0.3 is 5.11 Å². The Balaban J connectivity index is 1.09. The van der Waals surface area contributed by atoms with Crippen LogP contribution in [0.25, 0.3) is 11.0 Å². The second-order valence-electron chi connectivity index (χ2n) is 12.5. The maximum atomic E-state index is 13.5. The first kappa shape index (κ1) is 20.6. The molecule has 0 radical (unpaired) electrons. The van der Waals surface area contributed by atoms with Crippen LogP contribution in [0.4, 0.5) is 0 Å². The fourth-order valence-corrected chi connectivity index (χ4v) is 9.99. The predicted octanol–water partition coefficient (Wildman–Crippen LogP) is 4.88. The van der Waals surface area contributed by atoms with Crippen molar-refractivity contribution in [3.8, 4) is 0 Å². The number of carbonyl (C=O) groups is 1. The average Bonchev–Trinajstić information content (AvgIpc) is 3.10. The van der Waals surface area contributed by atoms with E-state index in [0.29, 0.717) is 30.1 Å². The van der Waals surface area contributed by atoms with Gasteiger partial charge in [0.15, 0.2) is 5.78 Å². The zero-order valence-corrected chi connectivity index (χ0v) is 20.0. The average molecular weight is 448 g/mol. The second-order valence-corrected chi connectivity index (χ2v) is 12.5.